The number of nitrogens with one attached hydrogen (secondary N) is 1. The minimum Gasteiger partial charge on any atom is -0.411 e. The van der Waals surface area contributed by atoms with E-state index in [0.29, 0.717) is 12.0 Å². The van der Waals surface area contributed by atoms with Crippen LogP contribution < -0.4 is 10.6 Å². The van der Waals surface area contributed by atoms with Crippen molar-refractivity contribution in [1.82, 2.24) is 5.32 Å². The number of hydrogen-bond donors (Lipinski definition) is 3. The summed E-state index contributed by atoms with van der Waals surface area (Å²) in [5, 5.41) is 15.7. The van der Waals surface area contributed by atoms with Gasteiger partial charge in [-0.1, -0.05) is 25.9 Å². The second-order valence-corrected chi connectivity index (χ2v) is 5.42. The summed E-state index contributed by atoms with van der Waals surface area (Å²) in [6.45, 7) is 9.55. The molecule has 5 nitrogen and oxygen atoms in total. The van der Waals surface area contributed by atoms with E-state index in [1.165, 1.54) is 12.8 Å². The van der Waals surface area contributed by atoms with Crippen LogP contribution in [0.3, 0.4) is 0 Å². The van der Waals surface area contributed by atoms with Gasteiger partial charge in [0.1, 0.15) is 6.21 Å². The number of nitrogens with two attached hydrogens (primary N) is 1. The molecule has 0 spiro atoms. The Labute approximate surface area is 104 Å². The van der Waals surface area contributed by atoms with Gasteiger partial charge in [-0.15, -0.1) is 0 Å². The van der Waals surface area contributed by atoms with E-state index in [-0.39, 0.29) is 5.91 Å². The van der Waals surface area contributed by atoms with Crippen molar-refractivity contribution in [2.24, 2.45) is 10.6 Å². The van der Waals surface area contributed by atoms with Gasteiger partial charge in [0.25, 0.3) is 5.91 Å². The highest BCUT2D eigenvalue weighted by Gasteiger charge is 2.09. The number of nitrogens with zero attached hydrogens (tertiary/aromatic N) is 1. The third-order valence-electron chi connectivity index (χ3n) is 2.39. The first-order chi connectivity index (χ1) is 7.95. The Bertz CT molecular complexity index is 234. The second-order valence-electron chi connectivity index (χ2n) is 5.42. The Morgan fingerprint density at radius 1 is 1.35 bits per heavy atom. The van der Waals surface area contributed by atoms with Crippen molar-refractivity contribution in [3.63, 3.8) is 0 Å². The molecule has 0 bridgehead atoms. The molecule has 0 aliphatic carbocycles. The zero-order chi connectivity index (χ0) is 13.1. The van der Waals surface area contributed by atoms with Crippen molar-refractivity contribution in [3.05, 3.63) is 0 Å². The first-order valence-electron chi connectivity index (χ1n) is 6.22. The molecule has 0 saturated carbocycles. The molecule has 0 heterocycles. The van der Waals surface area contributed by atoms with E-state index in [1.807, 2.05) is 0 Å². The van der Waals surface area contributed by atoms with Crippen LogP contribution in [-0.2, 0) is 4.79 Å². The van der Waals surface area contributed by atoms with Crippen LogP contribution >= 0.6 is 0 Å². The molecule has 1 amide bonds. The Hall–Kier alpha value is -1.10. The molecule has 0 atom stereocenters. The molecular weight excluding hydrogens is 218 g/mol. The predicted octanol–water partition coefficient (Wildman–Crippen LogP) is 0.342. The van der Waals surface area contributed by atoms with Crippen molar-refractivity contribution in [1.29, 1.82) is 0 Å². The summed E-state index contributed by atoms with van der Waals surface area (Å²) in [5.41, 5.74) is 0.422. The predicted molar refractivity (Wildman–Crippen MR) is 68.3 cm³/mol. The van der Waals surface area contributed by atoms with Crippen molar-refractivity contribution >= 4 is 12.1 Å². The Morgan fingerprint density at radius 2 is 2.00 bits per heavy atom. The molecule has 0 aliphatic rings. The number of carbonyl (C=O) groups is 1. The monoisotopic (exact) mass is 244 g/mol. The highest BCUT2D eigenvalue weighted by atomic mass is 16.4. The van der Waals surface area contributed by atoms with Gasteiger partial charge in [-0.05, 0) is 18.3 Å². The summed E-state index contributed by atoms with van der Waals surface area (Å²) in [5.74, 6) is -0.347. The normalized spacial score (nSPS) is 11.9. The number of hydrogen-bond acceptors (Lipinski definition) is 3. The molecule has 0 fully saturated rings. The number of oxime groups is 1. The molecule has 0 aromatic carbocycles. The zero-order valence-electron chi connectivity index (χ0n) is 11.2. The van der Waals surface area contributed by atoms with Gasteiger partial charge in [-0.25, -0.2) is 0 Å². The molecule has 0 aromatic rings. The van der Waals surface area contributed by atoms with Gasteiger partial charge in [0.2, 0.25) is 0 Å². The first kappa shape index (κ1) is 15.9. The van der Waals surface area contributed by atoms with Crippen LogP contribution in [0.25, 0.3) is 0 Å². The van der Waals surface area contributed by atoms with Gasteiger partial charge >= 0.3 is 0 Å². The third kappa shape index (κ3) is 12.8. The maximum Gasteiger partial charge on any atom is 0.265 e. The zero-order valence-corrected chi connectivity index (χ0v) is 11.2. The average Bonchev–Trinajstić information content (AvgIpc) is 2.21. The van der Waals surface area contributed by atoms with Gasteiger partial charge in [-0.3, -0.25) is 4.79 Å². The van der Waals surface area contributed by atoms with E-state index >= 15 is 0 Å². The summed E-state index contributed by atoms with van der Waals surface area (Å²) >= 11 is 0. The third-order valence-corrected chi connectivity index (χ3v) is 2.39. The van der Waals surface area contributed by atoms with Crippen LogP contribution in [-0.4, -0.2) is 37.0 Å². The van der Waals surface area contributed by atoms with E-state index in [4.69, 9.17) is 5.21 Å². The largest absolute Gasteiger partial charge is 0.411 e. The van der Waals surface area contributed by atoms with Gasteiger partial charge in [-0.2, -0.15) is 0 Å². The molecule has 0 aliphatic heterocycles. The van der Waals surface area contributed by atoms with Crippen molar-refractivity contribution in [3.8, 4) is 0 Å². The topological polar surface area (TPSA) is 78.3 Å². The lowest BCUT2D eigenvalue weighted by molar-refractivity contribution is -0.655. The van der Waals surface area contributed by atoms with Crippen LogP contribution in [0.15, 0.2) is 5.16 Å². The molecule has 17 heavy (non-hydrogen) atoms. The smallest absolute Gasteiger partial charge is 0.265 e. The van der Waals surface area contributed by atoms with Gasteiger partial charge in [0, 0.05) is 13.0 Å². The van der Waals surface area contributed by atoms with Crippen LogP contribution in [0.4, 0.5) is 0 Å². The lowest BCUT2D eigenvalue weighted by Crippen LogP contribution is -2.84. The van der Waals surface area contributed by atoms with Gasteiger partial charge in [0.05, 0.1) is 13.1 Å². The minimum atomic E-state index is -0.347. The fraction of sp³-hybridized carbons (Fsp3) is 0.833. The Kier molecular flexibility index (Phi) is 8.40. The highest BCUT2D eigenvalue weighted by Crippen LogP contribution is 2.19. The molecule has 4 N–H and O–H groups in total. The molecule has 0 saturated heterocycles. The number of quaternary nitrogens is 1. The van der Waals surface area contributed by atoms with Crippen LogP contribution in [0.5, 0.6) is 0 Å². The highest BCUT2D eigenvalue weighted by molar-refractivity contribution is 6.25. The minimum absolute atomic E-state index is 0.347. The number of amides is 1. The summed E-state index contributed by atoms with van der Waals surface area (Å²) in [7, 11) is 0. The summed E-state index contributed by atoms with van der Waals surface area (Å²) < 4.78 is 0. The Balaban J connectivity index is 3.22. The van der Waals surface area contributed by atoms with E-state index in [9.17, 15) is 4.79 Å². The average molecular weight is 244 g/mol. The maximum atomic E-state index is 10.9. The van der Waals surface area contributed by atoms with E-state index in [2.05, 4.69) is 36.6 Å². The van der Waals surface area contributed by atoms with Crippen molar-refractivity contribution in [2.45, 2.75) is 40.0 Å². The Morgan fingerprint density at radius 3 is 2.59 bits per heavy atom. The van der Waals surface area contributed by atoms with Crippen molar-refractivity contribution in [2.75, 3.05) is 19.6 Å². The summed E-state index contributed by atoms with van der Waals surface area (Å²) in [6, 6.07) is 0. The molecule has 0 aromatic heterocycles. The standard InChI is InChI=1S/C12H25N3O2/c1-12(2,3)6-4-7-13-8-5-9-14-11(16)10-15-17/h10,13,17H,4-9H2,1-3H3,(H,14,16)/p+1/b15-10+. The molecule has 100 valence electrons. The summed E-state index contributed by atoms with van der Waals surface area (Å²) in [6.07, 6.45) is 4.27. The molecular formula is C12H26N3O2+. The van der Waals surface area contributed by atoms with Crippen LogP contribution in [0, 0.1) is 5.41 Å². The lowest BCUT2D eigenvalue weighted by atomic mass is 9.91. The van der Waals surface area contributed by atoms with E-state index in [1.54, 1.807) is 0 Å². The molecule has 0 rings (SSSR count). The van der Waals surface area contributed by atoms with Gasteiger partial charge in [0.15, 0.2) is 0 Å². The lowest BCUT2D eigenvalue weighted by Gasteiger charge is -2.16. The quantitative estimate of drug-likeness (QED) is 0.249. The van der Waals surface area contributed by atoms with Crippen LogP contribution in [0.2, 0.25) is 0 Å². The molecule has 0 unspecified atom stereocenters. The summed E-state index contributed by atoms with van der Waals surface area (Å²) in [4.78, 5) is 10.9. The fourth-order valence-corrected chi connectivity index (χ4v) is 1.48. The van der Waals surface area contributed by atoms with Gasteiger partial charge < -0.3 is 15.8 Å². The SMILES string of the molecule is CC(C)(C)CCC[NH2+]CCCNC(=O)/C=N/O. The molecule has 0 radical (unpaired) electrons. The number of rotatable bonds is 8. The second kappa shape index (κ2) is 8.98. The van der Waals surface area contributed by atoms with Crippen LogP contribution in [0.1, 0.15) is 40.0 Å². The van der Waals surface area contributed by atoms with E-state index < -0.39 is 0 Å². The van der Waals surface area contributed by atoms with Crippen molar-refractivity contribution < 1.29 is 15.3 Å². The number of carbonyl (C=O) groups excluding carboxylic acids is 1. The first-order valence-corrected chi connectivity index (χ1v) is 6.22. The fourth-order valence-electron chi connectivity index (χ4n) is 1.48. The maximum absolute atomic E-state index is 10.9. The molecule has 5 heteroatoms. The van der Waals surface area contributed by atoms with E-state index in [0.717, 1.165) is 25.7 Å².